The van der Waals surface area contributed by atoms with Gasteiger partial charge in [-0.25, -0.2) is 27.9 Å². The second-order valence-electron chi connectivity index (χ2n) is 9.97. The number of benzene rings is 3. The molecular weight excluding hydrogens is 636 g/mol. The third kappa shape index (κ3) is 8.97. The van der Waals surface area contributed by atoms with Crippen LogP contribution in [-0.2, 0) is 26.2 Å². The maximum Gasteiger partial charge on any atom is 0.339 e. The Bertz CT molecular complexity index is 1880. The molecule has 0 saturated heterocycles. The van der Waals surface area contributed by atoms with Crippen molar-refractivity contribution in [2.75, 3.05) is 5.75 Å². The molecule has 4 aromatic rings. The van der Waals surface area contributed by atoms with Gasteiger partial charge in [0.1, 0.15) is 16.3 Å². The number of hydrogen-bond acceptors (Lipinski definition) is 10. The number of ketones is 1. The highest BCUT2D eigenvalue weighted by atomic mass is 32.2. The summed E-state index contributed by atoms with van der Waals surface area (Å²) in [6.07, 6.45) is 0.924. The number of hydrogen-bond donors (Lipinski definition) is 5. The molecule has 5 N–H and O–H groups in total. The average molecular weight is 665 g/mol. The smallest absolute Gasteiger partial charge is 0.339 e. The zero-order chi connectivity index (χ0) is 33.4. The minimum Gasteiger partial charge on any atom is -0.507 e. The van der Waals surface area contributed by atoms with Crippen molar-refractivity contribution >= 4 is 45.4 Å². The lowest BCUT2D eigenvalue weighted by atomic mass is 10.1. The van der Waals surface area contributed by atoms with Crippen LogP contribution in [0.15, 0.2) is 88.9 Å². The summed E-state index contributed by atoms with van der Waals surface area (Å²) in [6, 6.07) is 16.5. The van der Waals surface area contributed by atoms with Crippen molar-refractivity contribution < 1.29 is 42.9 Å². The molecule has 0 aliphatic heterocycles. The highest BCUT2D eigenvalue weighted by molar-refractivity contribution is 7.99. The van der Waals surface area contributed by atoms with Gasteiger partial charge in [-0.05, 0) is 48.9 Å². The maximum atomic E-state index is 13.0. The Hall–Kier alpha value is -5.12. The van der Waals surface area contributed by atoms with Gasteiger partial charge < -0.3 is 20.6 Å². The predicted octanol–water partition coefficient (Wildman–Crippen LogP) is 3.27. The minimum atomic E-state index is -4.15. The molecule has 4 rings (SSSR count). The second-order valence-corrected chi connectivity index (χ2v) is 12.7. The van der Waals surface area contributed by atoms with Gasteiger partial charge in [0.15, 0.2) is 11.6 Å². The maximum absolute atomic E-state index is 13.0. The van der Waals surface area contributed by atoms with Gasteiger partial charge in [-0.2, -0.15) is 0 Å². The summed E-state index contributed by atoms with van der Waals surface area (Å²) in [5.41, 5.74) is 1.85. The first-order valence-electron chi connectivity index (χ1n) is 13.6. The number of aromatic carboxylic acids is 1. The topological polar surface area (TPSA) is 213 Å². The number of carboxylic acids is 2. The molecule has 1 atom stereocenters. The zero-order valence-electron chi connectivity index (χ0n) is 24.2. The number of phenols is 1. The molecule has 1 amide bonds. The molecule has 0 aliphatic rings. The van der Waals surface area contributed by atoms with Gasteiger partial charge in [-0.15, -0.1) is 0 Å². The van der Waals surface area contributed by atoms with Crippen LogP contribution in [-0.4, -0.2) is 69.1 Å². The lowest BCUT2D eigenvalue weighted by Crippen LogP contribution is -2.43. The van der Waals surface area contributed by atoms with Crippen LogP contribution in [0.5, 0.6) is 5.75 Å². The zero-order valence-corrected chi connectivity index (χ0v) is 25.8. The van der Waals surface area contributed by atoms with Crippen LogP contribution in [0.3, 0.4) is 0 Å². The standard InChI is InChI=1S/C31H28N4O9S2/c1-18-2-6-20(7-3-18)29-32-13-12-27(35-29)45-17-26(37)24(15-28(38)39)34-30(40)21-8-4-19(5-9-21)16-33-46(43,44)22-10-11-25(36)23(14-22)31(41)42/h2-14,24,33,36H,15-17H2,1H3,(H,34,40)(H,38,39)(H,41,42)/t24-/m0/s1. The van der Waals surface area contributed by atoms with E-state index in [0.29, 0.717) is 16.4 Å². The summed E-state index contributed by atoms with van der Waals surface area (Å²) in [5, 5.41) is 31.1. The molecule has 0 unspecified atom stereocenters. The van der Waals surface area contributed by atoms with E-state index in [4.69, 9.17) is 5.11 Å². The molecule has 0 saturated carbocycles. The van der Waals surface area contributed by atoms with Gasteiger partial charge in [0.05, 0.1) is 23.1 Å². The highest BCUT2D eigenvalue weighted by Crippen LogP contribution is 2.23. The van der Waals surface area contributed by atoms with Crippen LogP contribution in [0, 0.1) is 6.92 Å². The number of aromatic nitrogens is 2. The first-order chi connectivity index (χ1) is 21.8. The number of nitrogens with one attached hydrogen (secondary N) is 2. The van der Waals surface area contributed by atoms with Crippen molar-refractivity contribution in [1.29, 1.82) is 0 Å². The second kappa shape index (κ2) is 14.8. The van der Waals surface area contributed by atoms with Gasteiger partial charge in [0.2, 0.25) is 10.0 Å². The van der Waals surface area contributed by atoms with Crippen LogP contribution >= 0.6 is 11.8 Å². The number of aliphatic carboxylic acids is 1. The van der Waals surface area contributed by atoms with Crippen molar-refractivity contribution in [2.24, 2.45) is 0 Å². The molecule has 0 bridgehead atoms. The first kappa shape index (κ1) is 33.8. The van der Waals surface area contributed by atoms with Crippen molar-refractivity contribution in [3.05, 3.63) is 101 Å². The van der Waals surface area contributed by atoms with Gasteiger partial charge in [-0.1, -0.05) is 53.7 Å². The van der Waals surface area contributed by atoms with Gasteiger partial charge in [-0.3, -0.25) is 14.4 Å². The Morgan fingerprint density at radius 2 is 1.63 bits per heavy atom. The third-order valence-corrected chi connectivity index (χ3v) is 8.92. The molecular formula is C31H28N4O9S2. The number of thioether (sulfide) groups is 1. The number of aromatic hydroxyl groups is 1. The third-order valence-electron chi connectivity index (χ3n) is 6.57. The van der Waals surface area contributed by atoms with Crippen molar-refractivity contribution in [2.45, 2.75) is 35.9 Å². The molecule has 1 heterocycles. The summed E-state index contributed by atoms with van der Waals surface area (Å²) in [4.78, 5) is 56.9. The van der Waals surface area contributed by atoms with Crippen LogP contribution in [0.4, 0.5) is 0 Å². The fourth-order valence-electron chi connectivity index (χ4n) is 4.06. The summed E-state index contributed by atoms with van der Waals surface area (Å²) < 4.78 is 27.6. The number of carbonyl (C=O) groups is 4. The Morgan fingerprint density at radius 3 is 2.28 bits per heavy atom. The molecule has 0 spiro atoms. The lowest BCUT2D eigenvalue weighted by Gasteiger charge is -2.16. The van der Waals surface area contributed by atoms with Gasteiger partial charge in [0, 0.05) is 23.9 Å². The molecule has 0 aliphatic carbocycles. The minimum absolute atomic E-state index is 0.102. The van der Waals surface area contributed by atoms with E-state index in [1.807, 2.05) is 31.2 Å². The monoisotopic (exact) mass is 664 g/mol. The Kier molecular flexibility index (Phi) is 10.8. The van der Waals surface area contributed by atoms with Crippen LogP contribution in [0.1, 0.15) is 38.3 Å². The SMILES string of the molecule is Cc1ccc(-c2nccc(SCC(=O)[C@H](CC(=O)O)NC(=O)c3ccc(CNS(=O)(=O)c4ccc(O)c(C(=O)O)c4)cc3)n2)cc1. The fraction of sp³-hybridized carbons (Fsp3) is 0.161. The first-order valence-corrected chi connectivity index (χ1v) is 16.0. The molecule has 238 valence electrons. The number of carboxylic acid groups (broad SMARTS) is 2. The molecule has 13 nitrogen and oxygen atoms in total. The molecule has 3 aromatic carbocycles. The van der Waals surface area contributed by atoms with Crippen LogP contribution < -0.4 is 10.0 Å². The van der Waals surface area contributed by atoms with Crippen molar-refractivity contribution in [3.8, 4) is 17.1 Å². The van der Waals surface area contributed by atoms with Crippen molar-refractivity contribution in [3.63, 3.8) is 0 Å². The summed E-state index contributed by atoms with van der Waals surface area (Å²) >= 11 is 1.09. The predicted molar refractivity (Wildman–Crippen MR) is 167 cm³/mol. The van der Waals surface area contributed by atoms with Gasteiger partial charge in [0.25, 0.3) is 5.91 Å². The Balaban J connectivity index is 1.36. The number of sulfonamides is 1. The van der Waals surface area contributed by atoms with E-state index >= 15 is 0 Å². The summed E-state index contributed by atoms with van der Waals surface area (Å²) in [7, 11) is -4.15. The summed E-state index contributed by atoms with van der Waals surface area (Å²) in [5.74, 6) is -4.27. The van der Waals surface area contributed by atoms with Crippen LogP contribution in [0.2, 0.25) is 0 Å². The fourth-order valence-corrected chi connectivity index (χ4v) is 5.90. The number of nitrogens with zero attached hydrogens (tertiary/aromatic N) is 2. The van der Waals surface area contributed by atoms with E-state index in [2.05, 4.69) is 20.0 Å². The van der Waals surface area contributed by atoms with E-state index in [0.717, 1.165) is 41.1 Å². The van der Waals surface area contributed by atoms with E-state index in [1.165, 1.54) is 24.3 Å². The highest BCUT2D eigenvalue weighted by Gasteiger charge is 2.25. The van der Waals surface area contributed by atoms with E-state index in [-0.39, 0.29) is 22.8 Å². The molecule has 0 fully saturated rings. The Morgan fingerprint density at radius 1 is 0.935 bits per heavy atom. The molecule has 15 heteroatoms. The summed E-state index contributed by atoms with van der Waals surface area (Å²) in [6.45, 7) is 1.75. The largest absolute Gasteiger partial charge is 0.507 e. The van der Waals surface area contributed by atoms with Crippen molar-refractivity contribution in [1.82, 2.24) is 20.0 Å². The molecule has 0 radical (unpaired) electrons. The van der Waals surface area contributed by atoms with E-state index in [9.17, 15) is 37.8 Å². The van der Waals surface area contributed by atoms with E-state index < -0.39 is 57.4 Å². The number of aryl methyl sites for hydroxylation is 1. The normalized spacial score (nSPS) is 11.8. The molecule has 1 aromatic heterocycles. The number of Topliss-reactive ketones (excluding diaryl/α,β-unsaturated/α-hetero) is 1. The van der Waals surface area contributed by atoms with Gasteiger partial charge >= 0.3 is 11.9 Å². The van der Waals surface area contributed by atoms with E-state index in [1.54, 1.807) is 12.3 Å². The lowest BCUT2D eigenvalue weighted by molar-refractivity contribution is -0.139. The van der Waals surface area contributed by atoms with Crippen LogP contribution in [0.25, 0.3) is 11.4 Å². The number of amides is 1. The average Bonchev–Trinajstić information content (AvgIpc) is 3.03. The number of carbonyl (C=O) groups excluding carboxylic acids is 2. The number of rotatable bonds is 14. The quantitative estimate of drug-likeness (QED) is 0.0971. The molecule has 46 heavy (non-hydrogen) atoms. The Labute approximate surface area is 267 Å².